The number of carbonyl (C=O) groups excluding carboxylic acids is 1. The van der Waals surface area contributed by atoms with E-state index in [1.165, 1.54) is 5.56 Å². The lowest BCUT2D eigenvalue weighted by Gasteiger charge is -2.24. The Morgan fingerprint density at radius 3 is 2.56 bits per heavy atom. The average molecular weight is 429 g/mol. The molecular formula is C27H32N4O. The molecule has 1 atom stereocenters. The Bertz CT molecular complexity index is 1020. The summed E-state index contributed by atoms with van der Waals surface area (Å²) >= 11 is 0. The second kappa shape index (κ2) is 10.5. The maximum atomic E-state index is 13.4. The molecular weight excluding hydrogens is 396 g/mol. The van der Waals surface area contributed by atoms with E-state index in [4.69, 9.17) is 0 Å². The maximum Gasteiger partial charge on any atom is 0.227 e. The molecule has 4 rings (SSSR count). The molecule has 5 heteroatoms. The standard InChI is InChI=1S/C27H32N4O/c1-3-14-31-16-15-30(20-26-8-4-6-21(2)29-26)19-25(27(31)32)17-22-9-11-23(12-10-22)24-7-5-13-28-18-24/h4-13,18,25H,3,14-17,19-20H2,1-2H3/t25-/m0/s1. The van der Waals surface area contributed by atoms with Gasteiger partial charge in [-0.05, 0) is 54.7 Å². The number of amides is 1. The van der Waals surface area contributed by atoms with E-state index in [0.29, 0.717) is 0 Å². The molecule has 166 valence electrons. The third-order valence-corrected chi connectivity index (χ3v) is 6.08. The summed E-state index contributed by atoms with van der Waals surface area (Å²) in [7, 11) is 0. The highest BCUT2D eigenvalue weighted by Crippen LogP contribution is 2.22. The Morgan fingerprint density at radius 1 is 1.00 bits per heavy atom. The number of rotatable bonds is 7. The number of pyridine rings is 2. The normalized spacial score (nSPS) is 17.4. The highest BCUT2D eigenvalue weighted by molar-refractivity contribution is 5.79. The van der Waals surface area contributed by atoms with Crippen LogP contribution in [-0.2, 0) is 17.8 Å². The lowest BCUT2D eigenvalue weighted by atomic mass is 9.96. The average Bonchev–Trinajstić information content (AvgIpc) is 2.95. The van der Waals surface area contributed by atoms with Crippen LogP contribution in [0.5, 0.6) is 0 Å². The molecule has 1 aromatic carbocycles. The van der Waals surface area contributed by atoms with Gasteiger partial charge in [0.2, 0.25) is 5.91 Å². The van der Waals surface area contributed by atoms with Crippen LogP contribution in [-0.4, -0.2) is 51.9 Å². The zero-order valence-corrected chi connectivity index (χ0v) is 19.1. The fourth-order valence-electron chi connectivity index (χ4n) is 4.47. The summed E-state index contributed by atoms with van der Waals surface area (Å²) in [6.45, 7) is 8.21. The molecule has 2 aromatic heterocycles. The van der Waals surface area contributed by atoms with Crippen molar-refractivity contribution in [3.8, 4) is 11.1 Å². The smallest absolute Gasteiger partial charge is 0.227 e. The van der Waals surface area contributed by atoms with E-state index in [1.54, 1.807) is 6.20 Å². The van der Waals surface area contributed by atoms with Crippen molar-refractivity contribution in [3.05, 3.63) is 83.9 Å². The van der Waals surface area contributed by atoms with Crippen LogP contribution in [0, 0.1) is 12.8 Å². The molecule has 0 aliphatic carbocycles. The van der Waals surface area contributed by atoms with Crippen LogP contribution in [0.4, 0.5) is 0 Å². The van der Waals surface area contributed by atoms with Crippen LogP contribution < -0.4 is 0 Å². The number of nitrogens with zero attached hydrogens (tertiary/aromatic N) is 4. The van der Waals surface area contributed by atoms with Gasteiger partial charge in [-0.2, -0.15) is 0 Å². The molecule has 0 bridgehead atoms. The van der Waals surface area contributed by atoms with Gasteiger partial charge in [0, 0.05) is 50.8 Å². The predicted octanol–water partition coefficient (Wildman–Crippen LogP) is 4.37. The van der Waals surface area contributed by atoms with Gasteiger partial charge in [-0.1, -0.05) is 43.3 Å². The number of hydrogen-bond acceptors (Lipinski definition) is 4. The van der Waals surface area contributed by atoms with Crippen molar-refractivity contribution in [1.29, 1.82) is 0 Å². The molecule has 5 nitrogen and oxygen atoms in total. The molecule has 1 aliphatic heterocycles. The Balaban J connectivity index is 1.50. The molecule has 32 heavy (non-hydrogen) atoms. The van der Waals surface area contributed by atoms with Crippen molar-refractivity contribution < 1.29 is 4.79 Å². The first-order chi connectivity index (χ1) is 15.6. The molecule has 1 fully saturated rings. The van der Waals surface area contributed by atoms with Crippen molar-refractivity contribution in [2.75, 3.05) is 26.2 Å². The molecule has 0 saturated carbocycles. The molecule has 1 amide bonds. The van der Waals surface area contributed by atoms with Gasteiger partial charge in [0.15, 0.2) is 0 Å². The van der Waals surface area contributed by atoms with Gasteiger partial charge >= 0.3 is 0 Å². The summed E-state index contributed by atoms with van der Waals surface area (Å²) in [4.78, 5) is 26.7. The van der Waals surface area contributed by atoms with Crippen molar-refractivity contribution in [3.63, 3.8) is 0 Å². The lowest BCUT2D eigenvalue weighted by Crippen LogP contribution is -2.37. The zero-order valence-electron chi connectivity index (χ0n) is 19.1. The van der Waals surface area contributed by atoms with Gasteiger partial charge in [0.1, 0.15) is 0 Å². The molecule has 1 saturated heterocycles. The van der Waals surface area contributed by atoms with E-state index in [9.17, 15) is 4.79 Å². The third kappa shape index (κ3) is 5.60. The fraction of sp³-hybridized carbons (Fsp3) is 0.370. The first-order valence-corrected chi connectivity index (χ1v) is 11.6. The van der Waals surface area contributed by atoms with E-state index in [-0.39, 0.29) is 11.8 Å². The minimum Gasteiger partial charge on any atom is -0.341 e. The molecule has 3 heterocycles. The van der Waals surface area contributed by atoms with Gasteiger partial charge in [-0.25, -0.2) is 0 Å². The van der Waals surface area contributed by atoms with E-state index in [0.717, 1.165) is 68.1 Å². The van der Waals surface area contributed by atoms with E-state index >= 15 is 0 Å². The molecule has 0 unspecified atom stereocenters. The van der Waals surface area contributed by atoms with Crippen LogP contribution in [0.25, 0.3) is 11.1 Å². The number of aryl methyl sites for hydroxylation is 1. The highest BCUT2D eigenvalue weighted by atomic mass is 16.2. The minimum atomic E-state index is -0.0434. The second-order valence-corrected chi connectivity index (χ2v) is 8.67. The van der Waals surface area contributed by atoms with Crippen LogP contribution in [0.2, 0.25) is 0 Å². The Kier molecular flexibility index (Phi) is 7.28. The summed E-state index contributed by atoms with van der Waals surface area (Å²) in [5.74, 6) is 0.237. The SMILES string of the molecule is CCCN1CCN(Cc2cccc(C)n2)C[C@H](Cc2ccc(-c3cccnc3)cc2)C1=O. The summed E-state index contributed by atoms with van der Waals surface area (Å²) in [5.41, 5.74) is 5.56. The van der Waals surface area contributed by atoms with Crippen molar-refractivity contribution in [2.45, 2.75) is 33.2 Å². The van der Waals surface area contributed by atoms with Crippen molar-refractivity contribution in [1.82, 2.24) is 19.8 Å². The van der Waals surface area contributed by atoms with Gasteiger partial charge in [-0.15, -0.1) is 0 Å². The Morgan fingerprint density at radius 2 is 1.84 bits per heavy atom. The molecule has 3 aromatic rings. The largest absolute Gasteiger partial charge is 0.341 e. The lowest BCUT2D eigenvalue weighted by molar-refractivity contribution is -0.134. The minimum absolute atomic E-state index is 0.0434. The topological polar surface area (TPSA) is 49.3 Å². The number of carbonyl (C=O) groups is 1. The summed E-state index contributed by atoms with van der Waals surface area (Å²) in [6, 6.07) is 18.7. The van der Waals surface area contributed by atoms with Crippen LogP contribution in [0.3, 0.4) is 0 Å². The van der Waals surface area contributed by atoms with Crippen LogP contribution in [0.1, 0.15) is 30.3 Å². The summed E-state index contributed by atoms with van der Waals surface area (Å²) in [6.07, 6.45) is 5.40. The van der Waals surface area contributed by atoms with E-state index in [1.807, 2.05) is 25.3 Å². The van der Waals surface area contributed by atoms with Crippen LogP contribution in [0.15, 0.2) is 67.0 Å². The number of aromatic nitrogens is 2. The predicted molar refractivity (Wildman–Crippen MR) is 128 cm³/mol. The fourth-order valence-corrected chi connectivity index (χ4v) is 4.47. The molecule has 0 N–H and O–H groups in total. The summed E-state index contributed by atoms with van der Waals surface area (Å²) < 4.78 is 0. The first-order valence-electron chi connectivity index (χ1n) is 11.6. The van der Waals surface area contributed by atoms with Gasteiger partial charge < -0.3 is 4.90 Å². The highest BCUT2D eigenvalue weighted by Gasteiger charge is 2.30. The second-order valence-electron chi connectivity index (χ2n) is 8.67. The monoisotopic (exact) mass is 428 g/mol. The maximum absolute atomic E-state index is 13.4. The molecule has 0 radical (unpaired) electrons. The summed E-state index contributed by atoms with van der Waals surface area (Å²) in [5, 5.41) is 0. The third-order valence-electron chi connectivity index (χ3n) is 6.08. The zero-order chi connectivity index (χ0) is 22.3. The quantitative estimate of drug-likeness (QED) is 0.561. The number of hydrogen-bond donors (Lipinski definition) is 0. The van der Waals surface area contributed by atoms with Gasteiger partial charge in [0.25, 0.3) is 0 Å². The number of benzene rings is 1. The van der Waals surface area contributed by atoms with Crippen molar-refractivity contribution in [2.24, 2.45) is 5.92 Å². The molecule has 1 aliphatic rings. The first kappa shape index (κ1) is 22.2. The van der Waals surface area contributed by atoms with Gasteiger partial charge in [0.05, 0.1) is 11.6 Å². The Hall–Kier alpha value is -3.05. The van der Waals surface area contributed by atoms with Crippen molar-refractivity contribution >= 4 is 5.91 Å². The van der Waals surface area contributed by atoms with E-state index in [2.05, 4.69) is 69.2 Å². The molecule has 0 spiro atoms. The Labute approximate surface area is 191 Å². The van der Waals surface area contributed by atoms with Crippen LogP contribution >= 0.6 is 0 Å². The van der Waals surface area contributed by atoms with Gasteiger partial charge in [-0.3, -0.25) is 19.7 Å². The van der Waals surface area contributed by atoms with E-state index < -0.39 is 0 Å².